The van der Waals surface area contributed by atoms with Crippen LogP contribution in [0.5, 0.6) is 0 Å². The molecular formula is C13H7ClN4S. The van der Waals surface area contributed by atoms with E-state index in [1.165, 1.54) is 0 Å². The van der Waals surface area contributed by atoms with E-state index < -0.39 is 0 Å². The molecule has 19 heavy (non-hydrogen) atoms. The molecule has 0 N–H and O–H groups in total. The van der Waals surface area contributed by atoms with Crippen LogP contribution in [0, 0.1) is 0 Å². The second-order valence-electron chi connectivity index (χ2n) is 4.07. The number of nitrogens with zero attached hydrogens (tertiary/aromatic N) is 4. The van der Waals surface area contributed by atoms with Gasteiger partial charge in [0, 0.05) is 5.39 Å². The van der Waals surface area contributed by atoms with Crippen LogP contribution in [0.1, 0.15) is 0 Å². The van der Waals surface area contributed by atoms with Crippen molar-refractivity contribution in [2.75, 3.05) is 0 Å². The molecule has 0 saturated carbocycles. The number of hydrogen-bond acceptors (Lipinski definition) is 4. The largest absolute Gasteiger partial charge is 0.225 e. The normalized spacial score (nSPS) is 11.4. The van der Waals surface area contributed by atoms with Crippen LogP contribution in [0.25, 0.3) is 26.9 Å². The Labute approximate surface area is 117 Å². The van der Waals surface area contributed by atoms with Gasteiger partial charge in [-0.05, 0) is 29.1 Å². The number of halogens is 1. The first kappa shape index (κ1) is 10.9. The van der Waals surface area contributed by atoms with Gasteiger partial charge in [-0.25, -0.2) is 9.67 Å². The van der Waals surface area contributed by atoms with Gasteiger partial charge in [-0.2, -0.15) is 10.1 Å². The average Bonchev–Trinajstić information content (AvgIpc) is 3.03. The molecule has 0 saturated heterocycles. The van der Waals surface area contributed by atoms with Gasteiger partial charge in [-0.15, -0.1) is 11.3 Å². The number of rotatable bonds is 1. The van der Waals surface area contributed by atoms with Gasteiger partial charge in [-0.3, -0.25) is 0 Å². The summed E-state index contributed by atoms with van der Waals surface area (Å²) in [5.41, 5.74) is 1.00. The molecule has 4 nitrogen and oxygen atoms in total. The lowest BCUT2D eigenvalue weighted by atomic mass is 10.2. The fraction of sp³-hybridized carbons (Fsp3) is 0. The number of thiophene rings is 1. The summed E-state index contributed by atoms with van der Waals surface area (Å²) in [4.78, 5) is 9.42. The SMILES string of the molecule is Clc1nc(-n2ncc3ccccc32)c2ccsc2n1. The molecule has 0 unspecified atom stereocenters. The third kappa shape index (κ3) is 1.63. The monoisotopic (exact) mass is 286 g/mol. The van der Waals surface area contributed by atoms with Crippen LogP contribution in [0.3, 0.4) is 0 Å². The van der Waals surface area contributed by atoms with E-state index in [0.29, 0.717) is 0 Å². The maximum Gasteiger partial charge on any atom is 0.225 e. The molecule has 1 aromatic carbocycles. The molecule has 3 heterocycles. The molecule has 0 fully saturated rings. The van der Waals surface area contributed by atoms with E-state index >= 15 is 0 Å². The Hall–Kier alpha value is -1.98. The number of aromatic nitrogens is 4. The summed E-state index contributed by atoms with van der Waals surface area (Å²) in [7, 11) is 0. The summed E-state index contributed by atoms with van der Waals surface area (Å²) in [6.07, 6.45) is 1.82. The summed E-state index contributed by atoms with van der Waals surface area (Å²) in [6, 6.07) is 9.99. The highest BCUT2D eigenvalue weighted by Gasteiger charge is 2.12. The van der Waals surface area contributed by atoms with E-state index in [4.69, 9.17) is 11.6 Å². The van der Waals surface area contributed by atoms with Crippen LogP contribution < -0.4 is 0 Å². The predicted octanol–water partition coefficient (Wildman–Crippen LogP) is 3.68. The van der Waals surface area contributed by atoms with Gasteiger partial charge in [0.2, 0.25) is 5.28 Å². The molecule has 0 bridgehead atoms. The van der Waals surface area contributed by atoms with E-state index in [1.807, 2.05) is 41.9 Å². The van der Waals surface area contributed by atoms with Crippen LogP contribution in [0.2, 0.25) is 5.28 Å². The fourth-order valence-electron chi connectivity index (χ4n) is 2.12. The lowest BCUT2D eigenvalue weighted by Crippen LogP contribution is -2.01. The topological polar surface area (TPSA) is 43.6 Å². The van der Waals surface area contributed by atoms with E-state index in [-0.39, 0.29) is 5.28 Å². The summed E-state index contributed by atoms with van der Waals surface area (Å²) < 4.78 is 1.80. The van der Waals surface area contributed by atoms with Crippen molar-refractivity contribution in [3.8, 4) is 5.82 Å². The van der Waals surface area contributed by atoms with Crippen molar-refractivity contribution in [2.45, 2.75) is 0 Å². The number of benzene rings is 1. The summed E-state index contributed by atoms with van der Waals surface area (Å²) >= 11 is 7.53. The van der Waals surface area contributed by atoms with Gasteiger partial charge < -0.3 is 0 Å². The summed E-state index contributed by atoms with van der Waals surface area (Å²) in [5, 5.41) is 8.66. The smallest absolute Gasteiger partial charge is 0.214 e. The molecule has 0 aliphatic carbocycles. The van der Waals surface area contributed by atoms with Gasteiger partial charge >= 0.3 is 0 Å². The fourth-order valence-corrected chi connectivity index (χ4v) is 3.09. The van der Waals surface area contributed by atoms with Crippen molar-refractivity contribution in [3.63, 3.8) is 0 Å². The Morgan fingerprint density at radius 2 is 2.00 bits per heavy atom. The average molecular weight is 287 g/mol. The van der Waals surface area contributed by atoms with Crippen LogP contribution in [0.15, 0.2) is 41.9 Å². The number of hydrogen-bond donors (Lipinski definition) is 0. The molecular weight excluding hydrogens is 280 g/mol. The first-order valence-electron chi connectivity index (χ1n) is 5.67. The second kappa shape index (κ2) is 4.01. The molecule has 3 aromatic heterocycles. The highest BCUT2D eigenvalue weighted by atomic mass is 35.5. The summed E-state index contributed by atoms with van der Waals surface area (Å²) in [5.74, 6) is 0.720. The number of para-hydroxylation sites is 1. The van der Waals surface area contributed by atoms with Gasteiger partial charge in [0.15, 0.2) is 5.82 Å². The molecule has 0 radical (unpaired) electrons. The minimum absolute atomic E-state index is 0.240. The molecule has 0 spiro atoms. The quantitative estimate of drug-likeness (QED) is 0.501. The maximum absolute atomic E-state index is 5.99. The molecule has 92 valence electrons. The molecule has 4 aromatic rings. The van der Waals surface area contributed by atoms with E-state index in [2.05, 4.69) is 15.1 Å². The van der Waals surface area contributed by atoms with Crippen molar-refractivity contribution >= 4 is 44.1 Å². The third-order valence-corrected chi connectivity index (χ3v) is 3.93. The highest BCUT2D eigenvalue weighted by molar-refractivity contribution is 7.16. The third-order valence-electron chi connectivity index (χ3n) is 2.96. The van der Waals surface area contributed by atoms with Crippen molar-refractivity contribution in [3.05, 3.63) is 47.2 Å². The zero-order valence-corrected chi connectivity index (χ0v) is 11.2. The molecule has 0 aliphatic rings. The van der Waals surface area contributed by atoms with Crippen molar-refractivity contribution in [1.82, 2.24) is 19.7 Å². The Morgan fingerprint density at radius 3 is 2.95 bits per heavy atom. The zero-order chi connectivity index (χ0) is 12.8. The first-order valence-corrected chi connectivity index (χ1v) is 6.92. The lowest BCUT2D eigenvalue weighted by molar-refractivity contribution is 0.879. The maximum atomic E-state index is 5.99. The zero-order valence-electron chi connectivity index (χ0n) is 9.62. The molecule has 4 rings (SSSR count). The van der Waals surface area contributed by atoms with E-state index in [1.54, 1.807) is 16.0 Å². The highest BCUT2D eigenvalue weighted by Crippen LogP contribution is 2.27. The Kier molecular flexibility index (Phi) is 2.30. The van der Waals surface area contributed by atoms with Crippen LogP contribution >= 0.6 is 22.9 Å². The molecule has 0 atom stereocenters. The molecule has 0 amide bonds. The lowest BCUT2D eigenvalue weighted by Gasteiger charge is -2.04. The Balaban J connectivity index is 2.11. The van der Waals surface area contributed by atoms with Crippen LogP contribution in [-0.4, -0.2) is 19.7 Å². The van der Waals surface area contributed by atoms with Crippen molar-refractivity contribution < 1.29 is 0 Å². The van der Waals surface area contributed by atoms with Gasteiger partial charge in [0.05, 0.1) is 17.1 Å². The standard InChI is InChI=1S/C13H7ClN4S/c14-13-16-11(9-5-6-19-12(9)17-13)18-10-4-2-1-3-8(10)7-15-18/h1-7H. The van der Waals surface area contributed by atoms with Gasteiger partial charge in [0.1, 0.15) is 4.83 Å². The van der Waals surface area contributed by atoms with Crippen LogP contribution in [-0.2, 0) is 0 Å². The van der Waals surface area contributed by atoms with E-state index in [0.717, 1.165) is 26.9 Å². The predicted molar refractivity (Wildman–Crippen MR) is 77.1 cm³/mol. The van der Waals surface area contributed by atoms with Gasteiger partial charge in [0.25, 0.3) is 0 Å². The second-order valence-corrected chi connectivity index (χ2v) is 5.30. The van der Waals surface area contributed by atoms with Crippen molar-refractivity contribution in [1.29, 1.82) is 0 Å². The Bertz CT molecular complexity index is 896. The minimum atomic E-state index is 0.240. The van der Waals surface area contributed by atoms with Crippen molar-refractivity contribution in [2.24, 2.45) is 0 Å². The summed E-state index contributed by atoms with van der Waals surface area (Å²) in [6.45, 7) is 0. The molecule has 0 aliphatic heterocycles. The minimum Gasteiger partial charge on any atom is -0.214 e. The van der Waals surface area contributed by atoms with Crippen LogP contribution in [0.4, 0.5) is 0 Å². The van der Waals surface area contributed by atoms with Gasteiger partial charge in [-0.1, -0.05) is 18.2 Å². The number of fused-ring (bicyclic) bond motifs is 2. The Morgan fingerprint density at radius 1 is 1.11 bits per heavy atom. The first-order chi connectivity index (χ1) is 9.33. The molecule has 6 heteroatoms. The van der Waals surface area contributed by atoms with E-state index in [9.17, 15) is 0 Å².